The Morgan fingerprint density at radius 3 is 1.91 bits per heavy atom. The van der Waals surface area contributed by atoms with Gasteiger partial charge in [0, 0.05) is 12.8 Å². The van der Waals surface area contributed by atoms with E-state index < -0.39 is 23.8 Å². The van der Waals surface area contributed by atoms with E-state index >= 15 is 0 Å². The summed E-state index contributed by atoms with van der Waals surface area (Å²) in [4.78, 5) is 32.4. The number of Topliss-reactive ketones (excluding diaryl/α,β-unsaturated/α-hetero) is 1. The number of ketones is 1. The topological polar surface area (TPSA) is 60.4 Å². The Bertz CT molecular complexity index is 231. The highest BCUT2D eigenvalue weighted by Gasteiger charge is 2.50. The van der Waals surface area contributed by atoms with Crippen molar-refractivity contribution in [3.63, 3.8) is 0 Å². The summed E-state index contributed by atoms with van der Waals surface area (Å²) in [6.45, 7) is 0. The molecule has 2 atom stereocenters. The minimum absolute atomic E-state index is 0.00926. The van der Waals surface area contributed by atoms with Gasteiger partial charge in [0.15, 0.2) is 0 Å². The molecule has 2 rings (SSSR count). The molecular formula is C7H6O4. The maximum atomic E-state index is 10.8. The second kappa shape index (κ2) is 1.90. The third kappa shape index (κ3) is 0.785. The van der Waals surface area contributed by atoms with E-state index in [2.05, 4.69) is 4.74 Å². The Kier molecular flexibility index (Phi) is 1.13. The van der Waals surface area contributed by atoms with Gasteiger partial charge in [0.2, 0.25) is 0 Å². The Balaban J connectivity index is 2.29. The first kappa shape index (κ1) is 6.52. The predicted octanol–water partition coefficient (Wildman–Crippen LogP) is -0.335. The van der Waals surface area contributed by atoms with Crippen molar-refractivity contribution >= 4 is 17.7 Å². The van der Waals surface area contributed by atoms with Gasteiger partial charge in [-0.3, -0.25) is 14.4 Å². The summed E-state index contributed by atoms with van der Waals surface area (Å²) in [7, 11) is 0. The summed E-state index contributed by atoms with van der Waals surface area (Å²) in [6.07, 6.45) is 0.379. The number of carbonyl (C=O) groups excluding carboxylic acids is 3. The largest absolute Gasteiger partial charge is 0.393 e. The van der Waals surface area contributed by atoms with Crippen molar-refractivity contribution in [3.8, 4) is 0 Å². The number of esters is 2. The molecule has 0 radical (unpaired) electrons. The molecule has 1 aliphatic heterocycles. The van der Waals surface area contributed by atoms with Gasteiger partial charge in [0.1, 0.15) is 5.78 Å². The van der Waals surface area contributed by atoms with Gasteiger partial charge >= 0.3 is 11.9 Å². The second-order valence-corrected chi connectivity index (χ2v) is 2.90. The van der Waals surface area contributed by atoms with Crippen LogP contribution in [0.1, 0.15) is 12.8 Å². The maximum Gasteiger partial charge on any atom is 0.317 e. The van der Waals surface area contributed by atoms with Gasteiger partial charge in [-0.1, -0.05) is 0 Å². The van der Waals surface area contributed by atoms with E-state index in [1.165, 1.54) is 0 Å². The summed E-state index contributed by atoms with van der Waals surface area (Å²) >= 11 is 0. The fourth-order valence-electron chi connectivity index (χ4n) is 1.60. The Morgan fingerprint density at radius 1 is 1.00 bits per heavy atom. The van der Waals surface area contributed by atoms with E-state index in [9.17, 15) is 14.4 Å². The van der Waals surface area contributed by atoms with Crippen LogP contribution in [0.5, 0.6) is 0 Å². The highest BCUT2D eigenvalue weighted by Crippen LogP contribution is 2.35. The van der Waals surface area contributed by atoms with Crippen LogP contribution in [0.25, 0.3) is 0 Å². The van der Waals surface area contributed by atoms with E-state index in [0.29, 0.717) is 0 Å². The fraction of sp³-hybridized carbons (Fsp3) is 0.571. The lowest BCUT2D eigenvalue weighted by Gasteiger charge is -1.94. The van der Waals surface area contributed by atoms with Crippen molar-refractivity contribution in [2.75, 3.05) is 0 Å². The molecule has 0 aromatic heterocycles. The smallest absolute Gasteiger partial charge is 0.317 e. The molecule has 0 N–H and O–H groups in total. The zero-order valence-corrected chi connectivity index (χ0v) is 5.70. The van der Waals surface area contributed by atoms with Crippen LogP contribution in [0.3, 0.4) is 0 Å². The monoisotopic (exact) mass is 154 g/mol. The van der Waals surface area contributed by atoms with E-state index in [1.807, 2.05) is 0 Å². The number of hydrogen-bond donors (Lipinski definition) is 0. The summed E-state index contributed by atoms with van der Waals surface area (Å²) in [5, 5.41) is 0. The molecule has 4 heteroatoms. The van der Waals surface area contributed by atoms with Gasteiger partial charge in [-0.05, 0) is 0 Å². The lowest BCUT2D eigenvalue weighted by molar-refractivity contribution is -0.155. The van der Waals surface area contributed by atoms with Crippen LogP contribution in [0.15, 0.2) is 0 Å². The Hall–Kier alpha value is -1.19. The minimum atomic E-state index is -0.522. The van der Waals surface area contributed by atoms with Gasteiger partial charge in [-0.2, -0.15) is 0 Å². The number of carbonyl (C=O) groups is 3. The molecule has 1 aliphatic carbocycles. The minimum Gasteiger partial charge on any atom is -0.393 e. The van der Waals surface area contributed by atoms with Crippen LogP contribution in [-0.2, 0) is 19.1 Å². The number of hydrogen-bond acceptors (Lipinski definition) is 4. The highest BCUT2D eigenvalue weighted by molar-refractivity contribution is 6.03. The fourth-order valence-corrected chi connectivity index (χ4v) is 1.60. The van der Waals surface area contributed by atoms with Crippen molar-refractivity contribution in [1.82, 2.24) is 0 Å². The van der Waals surface area contributed by atoms with Crippen molar-refractivity contribution < 1.29 is 19.1 Å². The predicted molar refractivity (Wildman–Crippen MR) is 32.3 cm³/mol. The molecule has 11 heavy (non-hydrogen) atoms. The SMILES string of the molecule is O=C1C[C@@H]2C(=O)OC(=O)[C@@H]2C1. The maximum absolute atomic E-state index is 10.8. The molecule has 58 valence electrons. The van der Waals surface area contributed by atoms with Gasteiger partial charge in [0.25, 0.3) is 0 Å². The Labute approximate surface area is 62.5 Å². The third-order valence-electron chi connectivity index (χ3n) is 2.19. The van der Waals surface area contributed by atoms with Gasteiger partial charge in [-0.15, -0.1) is 0 Å². The van der Waals surface area contributed by atoms with Crippen molar-refractivity contribution in [3.05, 3.63) is 0 Å². The normalized spacial score (nSPS) is 35.8. The molecular weight excluding hydrogens is 148 g/mol. The zero-order valence-electron chi connectivity index (χ0n) is 5.70. The zero-order chi connectivity index (χ0) is 8.01. The second-order valence-electron chi connectivity index (χ2n) is 2.90. The molecule has 2 aliphatic rings. The first-order chi connectivity index (χ1) is 5.18. The number of ether oxygens (including phenoxy) is 1. The van der Waals surface area contributed by atoms with Gasteiger partial charge in [0.05, 0.1) is 11.8 Å². The van der Waals surface area contributed by atoms with Gasteiger partial charge in [-0.25, -0.2) is 0 Å². The van der Waals surface area contributed by atoms with Crippen LogP contribution in [-0.4, -0.2) is 17.7 Å². The van der Waals surface area contributed by atoms with Crippen molar-refractivity contribution in [2.24, 2.45) is 11.8 Å². The van der Waals surface area contributed by atoms with Crippen LogP contribution in [0.2, 0.25) is 0 Å². The molecule has 1 saturated heterocycles. The van der Waals surface area contributed by atoms with Crippen molar-refractivity contribution in [2.45, 2.75) is 12.8 Å². The first-order valence-electron chi connectivity index (χ1n) is 3.45. The molecule has 0 aromatic rings. The quantitative estimate of drug-likeness (QED) is 0.354. The summed E-state index contributed by atoms with van der Waals surface area (Å²) in [5.74, 6) is -1.98. The van der Waals surface area contributed by atoms with Crippen LogP contribution >= 0.6 is 0 Å². The van der Waals surface area contributed by atoms with E-state index in [0.717, 1.165) is 0 Å². The van der Waals surface area contributed by atoms with Crippen LogP contribution in [0.4, 0.5) is 0 Å². The molecule has 2 fully saturated rings. The standard InChI is InChI=1S/C7H6O4/c8-3-1-4-5(2-3)7(10)11-6(4)9/h4-5H,1-2H2/t4-,5+. The molecule has 0 aromatic carbocycles. The number of rotatable bonds is 0. The molecule has 0 spiro atoms. The molecule has 0 amide bonds. The van der Waals surface area contributed by atoms with Crippen LogP contribution < -0.4 is 0 Å². The third-order valence-corrected chi connectivity index (χ3v) is 2.19. The van der Waals surface area contributed by atoms with Crippen molar-refractivity contribution in [1.29, 1.82) is 0 Å². The molecule has 1 heterocycles. The number of cyclic esters (lactones) is 2. The summed E-state index contributed by atoms with van der Waals surface area (Å²) in [5.41, 5.74) is 0. The van der Waals surface area contributed by atoms with Crippen LogP contribution in [0, 0.1) is 11.8 Å². The lowest BCUT2D eigenvalue weighted by Crippen LogP contribution is -2.09. The number of fused-ring (bicyclic) bond motifs is 1. The summed E-state index contributed by atoms with van der Waals surface area (Å²) in [6, 6.07) is 0. The van der Waals surface area contributed by atoms with E-state index in [1.54, 1.807) is 0 Å². The van der Waals surface area contributed by atoms with E-state index in [4.69, 9.17) is 0 Å². The average molecular weight is 154 g/mol. The summed E-state index contributed by atoms with van der Waals surface area (Å²) < 4.78 is 4.35. The Morgan fingerprint density at radius 2 is 1.45 bits per heavy atom. The lowest BCUT2D eigenvalue weighted by atomic mass is 10.00. The molecule has 0 bridgehead atoms. The molecule has 1 saturated carbocycles. The first-order valence-corrected chi connectivity index (χ1v) is 3.45. The van der Waals surface area contributed by atoms with E-state index in [-0.39, 0.29) is 18.6 Å². The average Bonchev–Trinajstić information content (AvgIpc) is 2.38. The highest BCUT2D eigenvalue weighted by atomic mass is 16.6. The molecule has 0 unspecified atom stereocenters. The molecule has 4 nitrogen and oxygen atoms in total. The van der Waals surface area contributed by atoms with Gasteiger partial charge < -0.3 is 4.74 Å².